The van der Waals surface area contributed by atoms with Crippen LogP contribution in [0.25, 0.3) is 0 Å². The highest BCUT2D eigenvalue weighted by Crippen LogP contribution is 2.37. The molecule has 0 aliphatic carbocycles. The van der Waals surface area contributed by atoms with Gasteiger partial charge in [0.15, 0.2) is 0 Å². The van der Waals surface area contributed by atoms with Crippen LogP contribution in [0.5, 0.6) is 17.6 Å². The van der Waals surface area contributed by atoms with Crippen LogP contribution in [0.4, 0.5) is 0 Å². The molecule has 1 aliphatic heterocycles. The lowest BCUT2D eigenvalue weighted by Crippen LogP contribution is -2.45. The van der Waals surface area contributed by atoms with Gasteiger partial charge in [-0.1, -0.05) is 12.7 Å². The Morgan fingerprint density at radius 1 is 1.24 bits per heavy atom. The number of aromatic nitrogens is 2. The fourth-order valence-electron chi connectivity index (χ4n) is 3.30. The van der Waals surface area contributed by atoms with Crippen molar-refractivity contribution in [3.63, 3.8) is 0 Å². The van der Waals surface area contributed by atoms with E-state index >= 15 is 0 Å². The SMILES string of the molecule is C=CCOc1ccc(C(=O)N2CCC(O)(c3cnc(OC)nc3OC)CC2)cc1. The van der Waals surface area contributed by atoms with E-state index in [1.807, 2.05) is 0 Å². The molecule has 2 heterocycles. The maximum absolute atomic E-state index is 12.8. The molecule has 154 valence electrons. The van der Waals surface area contributed by atoms with E-state index in [1.165, 1.54) is 20.4 Å². The van der Waals surface area contributed by atoms with Crippen molar-refractivity contribution in [3.8, 4) is 17.6 Å². The zero-order valence-corrected chi connectivity index (χ0v) is 16.6. The number of amides is 1. The topological polar surface area (TPSA) is 94.0 Å². The molecule has 1 amide bonds. The molecule has 1 aliphatic rings. The number of benzene rings is 1. The largest absolute Gasteiger partial charge is 0.490 e. The lowest BCUT2D eigenvalue weighted by atomic mass is 9.85. The van der Waals surface area contributed by atoms with Gasteiger partial charge in [-0.25, -0.2) is 4.98 Å². The fourth-order valence-corrected chi connectivity index (χ4v) is 3.30. The van der Waals surface area contributed by atoms with Crippen LogP contribution < -0.4 is 14.2 Å². The average Bonchev–Trinajstić information content (AvgIpc) is 2.77. The summed E-state index contributed by atoms with van der Waals surface area (Å²) in [5, 5.41) is 11.1. The van der Waals surface area contributed by atoms with Crippen LogP contribution in [0.3, 0.4) is 0 Å². The summed E-state index contributed by atoms with van der Waals surface area (Å²) in [7, 11) is 2.95. The molecular weight excluding hydrogens is 374 g/mol. The minimum absolute atomic E-state index is 0.0831. The molecule has 1 N–H and O–H groups in total. The molecule has 0 unspecified atom stereocenters. The van der Waals surface area contributed by atoms with Crippen molar-refractivity contribution in [1.29, 1.82) is 0 Å². The summed E-state index contributed by atoms with van der Waals surface area (Å²) in [6.45, 7) is 4.82. The normalized spacial score (nSPS) is 15.5. The number of nitrogens with zero attached hydrogens (tertiary/aromatic N) is 3. The van der Waals surface area contributed by atoms with Crippen molar-refractivity contribution >= 4 is 5.91 Å². The van der Waals surface area contributed by atoms with Crippen LogP contribution in [0.1, 0.15) is 28.8 Å². The summed E-state index contributed by atoms with van der Waals surface area (Å²) in [5.41, 5.74) is -0.0973. The van der Waals surface area contributed by atoms with Crippen LogP contribution >= 0.6 is 0 Å². The van der Waals surface area contributed by atoms with Gasteiger partial charge in [-0.15, -0.1) is 0 Å². The van der Waals surface area contributed by atoms with Crippen molar-refractivity contribution in [2.75, 3.05) is 33.9 Å². The first-order valence-electron chi connectivity index (χ1n) is 9.31. The first kappa shape index (κ1) is 20.6. The molecule has 0 bridgehead atoms. The van der Waals surface area contributed by atoms with Crippen LogP contribution in [0, 0.1) is 0 Å². The third-order valence-electron chi connectivity index (χ3n) is 4.96. The van der Waals surface area contributed by atoms with Crippen LogP contribution in [-0.4, -0.2) is 59.8 Å². The molecule has 1 saturated heterocycles. The number of piperidine rings is 1. The number of rotatable bonds is 7. The summed E-state index contributed by atoms with van der Waals surface area (Å²) in [4.78, 5) is 22.8. The molecule has 1 fully saturated rings. The molecule has 0 saturated carbocycles. The molecule has 0 atom stereocenters. The summed E-state index contributed by atoms with van der Waals surface area (Å²) >= 11 is 0. The summed E-state index contributed by atoms with van der Waals surface area (Å²) in [5.74, 6) is 0.871. The molecule has 8 heteroatoms. The van der Waals surface area contributed by atoms with Crippen molar-refractivity contribution in [3.05, 3.63) is 54.2 Å². The molecule has 8 nitrogen and oxygen atoms in total. The molecule has 0 radical (unpaired) electrons. The van der Waals surface area contributed by atoms with E-state index in [9.17, 15) is 9.90 Å². The summed E-state index contributed by atoms with van der Waals surface area (Å²) < 4.78 is 15.7. The second-order valence-electron chi connectivity index (χ2n) is 6.73. The zero-order valence-electron chi connectivity index (χ0n) is 16.6. The Morgan fingerprint density at radius 2 is 1.93 bits per heavy atom. The first-order valence-corrected chi connectivity index (χ1v) is 9.31. The Balaban J connectivity index is 1.68. The molecule has 29 heavy (non-hydrogen) atoms. The minimum Gasteiger partial charge on any atom is -0.490 e. The number of ether oxygens (including phenoxy) is 3. The number of hydrogen-bond donors (Lipinski definition) is 1. The van der Waals surface area contributed by atoms with Crippen molar-refractivity contribution in [2.45, 2.75) is 18.4 Å². The van der Waals surface area contributed by atoms with E-state index in [0.717, 1.165) is 0 Å². The Bertz CT molecular complexity index is 861. The molecule has 2 aromatic rings. The van der Waals surface area contributed by atoms with Gasteiger partial charge < -0.3 is 24.2 Å². The number of methoxy groups -OCH3 is 2. The van der Waals surface area contributed by atoms with E-state index in [2.05, 4.69) is 16.5 Å². The van der Waals surface area contributed by atoms with Gasteiger partial charge in [0.25, 0.3) is 5.91 Å². The second-order valence-corrected chi connectivity index (χ2v) is 6.73. The zero-order chi connectivity index (χ0) is 20.9. The Hall–Kier alpha value is -3.13. The molecule has 3 rings (SSSR count). The molecular formula is C21H25N3O5. The fraction of sp³-hybridized carbons (Fsp3) is 0.381. The van der Waals surface area contributed by atoms with Gasteiger partial charge in [0.05, 0.1) is 25.4 Å². The molecule has 1 aromatic carbocycles. The number of aliphatic hydroxyl groups is 1. The van der Waals surface area contributed by atoms with E-state index in [4.69, 9.17) is 14.2 Å². The maximum Gasteiger partial charge on any atom is 0.319 e. The first-order chi connectivity index (χ1) is 14.0. The average molecular weight is 399 g/mol. The highest BCUT2D eigenvalue weighted by atomic mass is 16.5. The van der Waals surface area contributed by atoms with Crippen LogP contribution in [-0.2, 0) is 5.60 Å². The van der Waals surface area contributed by atoms with Gasteiger partial charge in [-0.2, -0.15) is 4.98 Å². The van der Waals surface area contributed by atoms with Crippen LogP contribution in [0.2, 0.25) is 0 Å². The smallest absolute Gasteiger partial charge is 0.319 e. The van der Waals surface area contributed by atoms with Crippen molar-refractivity contribution in [2.24, 2.45) is 0 Å². The number of carbonyl (C=O) groups excluding carboxylic acids is 1. The number of carbonyl (C=O) groups is 1. The standard InChI is InChI=1S/C21H25N3O5/c1-4-13-29-16-7-5-15(6-8-16)19(25)24-11-9-21(26,10-12-24)17-14-22-20(28-3)23-18(17)27-2/h4-8,14,26H,1,9-13H2,2-3H3. The minimum atomic E-state index is -1.17. The van der Waals surface area contributed by atoms with Gasteiger partial charge in [-0.05, 0) is 37.1 Å². The van der Waals surface area contributed by atoms with E-state index in [1.54, 1.807) is 35.2 Å². The third kappa shape index (κ3) is 4.48. The highest BCUT2D eigenvalue weighted by molar-refractivity contribution is 5.94. The number of hydrogen-bond acceptors (Lipinski definition) is 7. The van der Waals surface area contributed by atoms with Crippen molar-refractivity contribution in [1.82, 2.24) is 14.9 Å². The second kappa shape index (κ2) is 8.91. The van der Waals surface area contributed by atoms with Gasteiger partial charge >= 0.3 is 6.01 Å². The number of likely N-dealkylation sites (tertiary alicyclic amines) is 1. The van der Waals surface area contributed by atoms with Crippen molar-refractivity contribution < 1.29 is 24.1 Å². The monoisotopic (exact) mass is 399 g/mol. The highest BCUT2D eigenvalue weighted by Gasteiger charge is 2.38. The molecule has 1 aromatic heterocycles. The third-order valence-corrected chi connectivity index (χ3v) is 4.96. The van der Waals surface area contributed by atoms with Gasteiger partial charge in [0, 0.05) is 24.8 Å². The predicted molar refractivity (Wildman–Crippen MR) is 106 cm³/mol. The van der Waals surface area contributed by atoms with Crippen LogP contribution in [0.15, 0.2) is 43.1 Å². The van der Waals surface area contributed by atoms with Gasteiger partial charge in [0.2, 0.25) is 5.88 Å². The summed E-state index contributed by atoms with van der Waals surface area (Å²) in [6, 6.07) is 7.17. The lowest BCUT2D eigenvalue weighted by molar-refractivity contribution is -0.0233. The Labute approximate surface area is 169 Å². The lowest BCUT2D eigenvalue weighted by Gasteiger charge is -2.38. The predicted octanol–water partition coefficient (Wildman–Crippen LogP) is 2.18. The van der Waals surface area contributed by atoms with E-state index < -0.39 is 5.60 Å². The van der Waals surface area contributed by atoms with Gasteiger partial charge in [-0.3, -0.25) is 4.79 Å². The molecule has 0 spiro atoms. The maximum atomic E-state index is 12.8. The summed E-state index contributed by atoms with van der Waals surface area (Å²) in [6.07, 6.45) is 3.89. The Kier molecular flexibility index (Phi) is 6.33. The van der Waals surface area contributed by atoms with Gasteiger partial charge in [0.1, 0.15) is 12.4 Å². The quantitative estimate of drug-likeness (QED) is 0.713. The van der Waals surface area contributed by atoms with E-state index in [0.29, 0.717) is 49.4 Å². The Morgan fingerprint density at radius 3 is 2.52 bits per heavy atom. The van der Waals surface area contributed by atoms with E-state index in [-0.39, 0.29) is 17.8 Å².